The van der Waals surface area contributed by atoms with Gasteiger partial charge >= 0.3 is 12.2 Å². The molecular weight excluding hydrogens is 388 g/mol. The van der Waals surface area contributed by atoms with Crippen molar-refractivity contribution in [2.75, 3.05) is 6.54 Å². The summed E-state index contributed by atoms with van der Waals surface area (Å²) in [5.74, 6) is 0. The minimum atomic E-state index is -0.867. The van der Waals surface area contributed by atoms with Gasteiger partial charge in [0, 0.05) is 24.1 Å². The third-order valence-corrected chi connectivity index (χ3v) is 5.09. The third-order valence-electron chi connectivity index (χ3n) is 4.25. The summed E-state index contributed by atoms with van der Waals surface area (Å²) in [6.07, 6.45) is 0.242. The average Bonchev–Trinajstić information content (AvgIpc) is 3.33. The van der Waals surface area contributed by atoms with Crippen LogP contribution in [0, 0.1) is 10.1 Å². The second-order valence-corrected chi connectivity index (χ2v) is 7.05. The molecule has 1 aromatic heterocycles. The summed E-state index contributed by atoms with van der Waals surface area (Å²) in [6.45, 7) is 0.570. The molecule has 11 heteroatoms. The minimum Gasteiger partial charge on any atom is -0.445 e. The van der Waals surface area contributed by atoms with Gasteiger partial charge in [0.1, 0.15) is 18.2 Å². The molecule has 1 aromatic carbocycles. The van der Waals surface area contributed by atoms with Crippen molar-refractivity contribution >= 4 is 29.2 Å². The van der Waals surface area contributed by atoms with Gasteiger partial charge in [0.05, 0.1) is 16.7 Å². The highest BCUT2D eigenvalue weighted by atomic mass is 32.1. The summed E-state index contributed by atoms with van der Waals surface area (Å²) >= 11 is 1.33. The zero-order valence-electron chi connectivity index (χ0n) is 14.8. The molecule has 1 unspecified atom stereocenters. The number of nitro benzene ring substituents is 1. The molecule has 2 heterocycles. The van der Waals surface area contributed by atoms with Crippen molar-refractivity contribution in [2.24, 2.45) is 5.73 Å². The molecule has 3 rings (SSSR count). The van der Waals surface area contributed by atoms with E-state index in [4.69, 9.17) is 15.2 Å². The summed E-state index contributed by atoms with van der Waals surface area (Å²) < 4.78 is 10.1. The van der Waals surface area contributed by atoms with Crippen LogP contribution in [0.2, 0.25) is 0 Å². The summed E-state index contributed by atoms with van der Waals surface area (Å²) in [4.78, 5) is 39.4. The Hall–Kier alpha value is -3.21. The van der Waals surface area contributed by atoms with Gasteiger partial charge in [-0.1, -0.05) is 0 Å². The number of likely N-dealkylation sites (tertiary alicyclic amines) is 1. The van der Waals surface area contributed by atoms with E-state index in [-0.39, 0.29) is 24.9 Å². The smallest absolute Gasteiger partial charge is 0.410 e. The van der Waals surface area contributed by atoms with Gasteiger partial charge in [-0.25, -0.2) is 14.6 Å². The highest BCUT2D eigenvalue weighted by Crippen LogP contribution is 2.33. The van der Waals surface area contributed by atoms with Gasteiger partial charge in [-0.2, -0.15) is 0 Å². The largest absolute Gasteiger partial charge is 0.445 e. The highest BCUT2D eigenvalue weighted by Gasteiger charge is 2.32. The Morgan fingerprint density at radius 3 is 2.71 bits per heavy atom. The molecule has 2 amide bonds. The van der Waals surface area contributed by atoms with Gasteiger partial charge in [-0.3, -0.25) is 15.0 Å². The third kappa shape index (κ3) is 4.74. The number of thiazole rings is 1. The molecule has 1 aliphatic heterocycles. The van der Waals surface area contributed by atoms with E-state index in [1.54, 1.807) is 17.0 Å². The molecule has 1 fully saturated rings. The van der Waals surface area contributed by atoms with Crippen LogP contribution < -0.4 is 5.73 Å². The van der Waals surface area contributed by atoms with Crippen molar-refractivity contribution in [1.82, 2.24) is 9.88 Å². The van der Waals surface area contributed by atoms with E-state index in [9.17, 15) is 19.7 Å². The van der Waals surface area contributed by atoms with Crippen LogP contribution in [0.25, 0.3) is 0 Å². The number of carbonyl (C=O) groups is 2. The molecular formula is C17H18N4O6S. The zero-order valence-corrected chi connectivity index (χ0v) is 15.6. The first-order chi connectivity index (χ1) is 13.4. The number of carbonyl (C=O) groups excluding carboxylic acids is 2. The quantitative estimate of drug-likeness (QED) is 0.574. The highest BCUT2D eigenvalue weighted by molar-refractivity contribution is 7.09. The SMILES string of the molecule is NC(=O)OCc1nc(C2CCCN2C(=O)OCc2ccc([N+](=O)[O-])cc2)cs1. The Morgan fingerprint density at radius 1 is 1.29 bits per heavy atom. The van der Waals surface area contributed by atoms with Crippen LogP contribution in [0.15, 0.2) is 29.6 Å². The Balaban J connectivity index is 1.58. The molecule has 1 aliphatic rings. The lowest BCUT2D eigenvalue weighted by atomic mass is 10.2. The lowest BCUT2D eigenvalue weighted by Gasteiger charge is -2.22. The van der Waals surface area contributed by atoms with Crippen molar-refractivity contribution in [3.63, 3.8) is 0 Å². The van der Waals surface area contributed by atoms with Crippen molar-refractivity contribution < 1.29 is 24.0 Å². The number of rotatable bonds is 6. The van der Waals surface area contributed by atoms with Gasteiger partial charge < -0.3 is 15.2 Å². The summed E-state index contributed by atoms with van der Waals surface area (Å²) in [7, 11) is 0. The molecule has 10 nitrogen and oxygen atoms in total. The molecule has 2 N–H and O–H groups in total. The van der Waals surface area contributed by atoms with Crippen LogP contribution in [0.1, 0.15) is 35.1 Å². The number of non-ortho nitro benzene ring substituents is 1. The second-order valence-electron chi connectivity index (χ2n) is 6.10. The monoisotopic (exact) mass is 406 g/mol. The lowest BCUT2D eigenvalue weighted by molar-refractivity contribution is -0.384. The maximum atomic E-state index is 12.5. The summed E-state index contributed by atoms with van der Waals surface area (Å²) in [5.41, 5.74) is 6.31. The zero-order chi connectivity index (χ0) is 20.1. The number of primary amides is 1. The molecule has 0 bridgehead atoms. The molecule has 28 heavy (non-hydrogen) atoms. The number of ether oxygens (including phenoxy) is 2. The number of nitro groups is 1. The van der Waals surface area contributed by atoms with Gasteiger partial charge in [0.25, 0.3) is 5.69 Å². The van der Waals surface area contributed by atoms with Gasteiger partial charge in [0.2, 0.25) is 0 Å². The summed E-state index contributed by atoms with van der Waals surface area (Å²) in [5, 5.41) is 13.1. The Kier molecular flexibility index (Phi) is 6.04. The number of nitrogens with two attached hydrogens (primary N) is 1. The molecule has 0 saturated carbocycles. The molecule has 0 aliphatic carbocycles. The van der Waals surface area contributed by atoms with Crippen LogP contribution in [-0.4, -0.2) is 33.5 Å². The standard InChI is InChI=1S/C17H18N4O6S/c18-16(22)26-9-15-19-13(10-28-15)14-2-1-7-20(14)17(23)27-8-11-3-5-12(6-4-11)21(24)25/h3-6,10,14H,1-2,7-9H2,(H2,18,22). The topological polar surface area (TPSA) is 138 Å². The number of amides is 2. The van der Waals surface area contributed by atoms with E-state index in [0.717, 1.165) is 18.5 Å². The summed E-state index contributed by atoms with van der Waals surface area (Å²) in [6, 6.07) is 5.64. The predicted molar refractivity (Wildman–Crippen MR) is 98.4 cm³/mol. The van der Waals surface area contributed by atoms with Gasteiger partial charge in [-0.15, -0.1) is 11.3 Å². The number of nitrogens with zero attached hydrogens (tertiary/aromatic N) is 3. The van der Waals surface area contributed by atoms with Crippen LogP contribution >= 0.6 is 11.3 Å². The van der Waals surface area contributed by atoms with Crippen molar-refractivity contribution in [1.29, 1.82) is 0 Å². The molecule has 1 saturated heterocycles. The van der Waals surface area contributed by atoms with E-state index < -0.39 is 17.1 Å². The first-order valence-corrected chi connectivity index (χ1v) is 9.35. The van der Waals surface area contributed by atoms with E-state index in [1.165, 1.54) is 23.5 Å². The fourth-order valence-electron chi connectivity index (χ4n) is 2.91. The van der Waals surface area contributed by atoms with Gasteiger partial charge in [0.15, 0.2) is 0 Å². The van der Waals surface area contributed by atoms with Crippen molar-refractivity contribution in [3.05, 3.63) is 56.0 Å². The Morgan fingerprint density at radius 2 is 2.04 bits per heavy atom. The normalized spacial score (nSPS) is 16.0. The average molecular weight is 406 g/mol. The molecule has 2 aromatic rings. The lowest BCUT2D eigenvalue weighted by Crippen LogP contribution is -2.31. The number of aromatic nitrogens is 1. The van der Waals surface area contributed by atoms with Crippen molar-refractivity contribution in [3.8, 4) is 0 Å². The van der Waals surface area contributed by atoms with Crippen molar-refractivity contribution in [2.45, 2.75) is 32.1 Å². The predicted octanol–water partition coefficient (Wildman–Crippen LogP) is 3.12. The molecule has 1 atom stereocenters. The Bertz CT molecular complexity index is 869. The minimum absolute atomic E-state index is 0.00267. The number of hydrogen-bond donors (Lipinski definition) is 1. The van der Waals surface area contributed by atoms with Gasteiger partial charge in [-0.05, 0) is 30.5 Å². The number of benzene rings is 1. The van der Waals surface area contributed by atoms with Crippen LogP contribution in [0.5, 0.6) is 0 Å². The molecule has 0 radical (unpaired) electrons. The van der Waals surface area contributed by atoms with E-state index in [2.05, 4.69) is 4.98 Å². The fourth-order valence-corrected chi connectivity index (χ4v) is 3.66. The maximum absolute atomic E-state index is 12.5. The second kappa shape index (κ2) is 8.65. The number of hydrogen-bond acceptors (Lipinski definition) is 8. The maximum Gasteiger partial charge on any atom is 0.410 e. The first-order valence-electron chi connectivity index (χ1n) is 8.47. The Labute approximate surface area is 164 Å². The van der Waals surface area contributed by atoms with Crippen LogP contribution in [0.3, 0.4) is 0 Å². The van der Waals surface area contributed by atoms with Crippen LogP contribution in [-0.2, 0) is 22.7 Å². The first kappa shape index (κ1) is 19.5. The van der Waals surface area contributed by atoms with E-state index >= 15 is 0 Å². The molecule has 148 valence electrons. The van der Waals surface area contributed by atoms with Crippen LogP contribution in [0.4, 0.5) is 15.3 Å². The fraction of sp³-hybridized carbons (Fsp3) is 0.353. The van der Waals surface area contributed by atoms with E-state index in [1.807, 2.05) is 5.38 Å². The molecule has 0 spiro atoms. The van der Waals surface area contributed by atoms with E-state index in [0.29, 0.717) is 17.1 Å².